The standard InChI is InChI=1S/C19H21N5O3/c1-20-17(25)13-4-2-6-16-12(13)5-3-9-24(16)19(27)21-11-7-8-14-15(10-11)23-18(26)22-14/h2,4,6-8,10,17,20,25H,3,5,9H2,1H3,(H,21,27)(H2,22,23,26). The summed E-state index contributed by atoms with van der Waals surface area (Å²) >= 11 is 0. The van der Waals surface area contributed by atoms with Crippen molar-refractivity contribution in [2.45, 2.75) is 19.1 Å². The Labute approximate surface area is 155 Å². The molecule has 0 saturated heterocycles. The van der Waals surface area contributed by atoms with Gasteiger partial charge in [-0.3, -0.25) is 10.2 Å². The fourth-order valence-corrected chi connectivity index (χ4v) is 3.58. The number of urea groups is 1. The van der Waals surface area contributed by atoms with E-state index in [4.69, 9.17) is 0 Å². The summed E-state index contributed by atoms with van der Waals surface area (Å²) in [5.41, 5.74) is 4.21. The molecule has 2 aromatic carbocycles. The van der Waals surface area contributed by atoms with Crippen molar-refractivity contribution in [2.75, 3.05) is 23.8 Å². The second-order valence-corrected chi connectivity index (χ2v) is 6.56. The smallest absolute Gasteiger partial charge is 0.326 e. The molecule has 1 aromatic heterocycles. The van der Waals surface area contributed by atoms with E-state index in [1.165, 1.54) is 0 Å². The molecule has 1 aliphatic heterocycles. The molecule has 140 valence electrons. The van der Waals surface area contributed by atoms with Gasteiger partial charge in [-0.2, -0.15) is 0 Å². The van der Waals surface area contributed by atoms with Crippen LogP contribution in [0.15, 0.2) is 41.2 Å². The summed E-state index contributed by atoms with van der Waals surface area (Å²) in [5.74, 6) is 0. The van der Waals surface area contributed by atoms with E-state index in [1.807, 2.05) is 18.2 Å². The molecule has 1 aliphatic rings. The van der Waals surface area contributed by atoms with E-state index in [1.54, 1.807) is 30.1 Å². The number of carbonyl (C=O) groups is 1. The van der Waals surface area contributed by atoms with Crippen LogP contribution in [0.2, 0.25) is 0 Å². The molecule has 0 fully saturated rings. The van der Waals surface area contributed by atoms with Gasteiger partial charge in [-0.1, -0.05) is 12.1 Å². The molecule has 0 spiro atoms. The quantitative estimate of drug-likeness (QED) is 0.456. The molecule has 0 aliphatic carbocycles. The van der Waals surface area contributed by atoms with Crippen molar-refractivity contribution in [3.63, 3.8) is 0 Å². The zero-order chi connectivity index (χ0) is 19.0. The number of carbonyl (C=O) groups excluding carboxylic acids is 1. The van der Waals surface area contributed by atoms with Gasteiger partial charge in [-0.05, 0) is 49.7 Å². The SMILES string of the molecule is CNC(O)c1cccc2c1CCCN2C(=O)Nc1ccc2[nH]c(=O)[nH]c2c1. The minimum Gasteiger partial charge on any atom is -0.374 e. The van der Waals surface area contributed by atoms with Crippen LogP contribution < -0.4 is 21.2 Å². The predicted molar refractivity (Wildman–Crippen MR) is 104 cm³/mol. The number of hydrogen-bond acceptors (Lipinski definition) is 4. The number of fused-ring (bicyclic) bond motifs is 2. The van der Waals surface area contributed by atoms with E-state index >= 15 is 0 Å². The molecule has 2 amide bonds. The highest BCUT2D eigenvalue weighted by Crippen LogP contribution is 2.32. The number of nitrogens with one attached hydrogen (secondary N) is 4. The van der Waals surface area contributed by atoms with Crippen molar-refractivity contribution in [3.8, 4) is 0 Å². The van der Waals surface area contributed by atoms with Gasteiger partial charge in [0.2, 0.25) is 0 Å². The number of anilines is 2. The topological polar surface area (TPSA) is 113 Å². The van der Waals surface area contributed by atoms with Crippen molar-refractivity contribution >= 4 is 28.4 Å². The van der Waals surface area contributed by atoms with Crippen LogP contribution in [-0.2, 0) is 6.42 Å². The van der Waals surface area contributed by atoms with Crippen molar-refractivity contribution in [1.82, 2.24) is 15.3 Å². The number of nitrogens with zero attached hydrogens (tertiary/aromatic N) is 1. The predicted octanol–water partition coefficient (Wildman–Crippen LogP) is 2.05. The van der Waals surface area contributed by atoms with Gasteiger partial charge in [-0.25, -0.2) is 9.59 Å². The van der Waals surface area contributed by atoms with Crippen LogP contribution in [-0.4, -0.2) is 34.7 Å². The summed E-state index contributed by atoms with van der Waals surface area (Å²) in [6.45, 7) is 0.598. The van der Waals surface area contributed by atoms with E-state index in [0.29, 0.717) is 23.3 Å². The van der Waals surface area contributed by atoms with Gasteiger partial charge in [0.15, 0.2) is 0 Å². The molecule has 2 heterocycles. The average molecular weight is 367 g/mol. The Balaban J connectivity index is 1.62. The number of H-pyrrole nitrogens is 2. The Morgan fingerprint density at radius 2 is 2.04 bits per heavy atom. The average Bonchev–Trinajstić information content (AvgIpc) is 3.05. The van der Waals surface area contributed by atoms with Gasteiger partial charge in [0.1, 0.15) is 6.23 Å². The highest BCUT2D eigenvalue weighted by Gasteiger charge is 2.26. The number of hydrogen-bond donors (Lipinski definition) is 5. The Morgan fingerprint density at radius 3 is 2.85 bits per heavy atom. The normalized spacial score (nSPS) is 14.8. The van der Waals surface area contributed by atoms with Crippen LogP contribution in [0.3, 0.4) is 0 Å². The van der Waals surface area contributed by atoms with Crippen LogP contribution >= 0.6 is 0 Å². The molecule has 1 atom stereocenters. The first kappa shape index (κ1) is 17.3. The molecule has 1 unspecified atom stereocenters. The number of aromatic nitrogens is 2. The van der Waals surface area contributed by atoms with Gasteiger partial charge in [0, 0.05) is 23.5 Å². The van der Waals surface area contributed by atoms with Crippen LogP contribution in [0, 0.1) is 0 Å². The summed E-state index contributed by atoms with van der Waals surface area (Å²) in [7, 11) is 1.69. The third kappa shape index (κ3) is 3.20. The van der Waals surface area contributed by atoms with E-state index in [2.05, 4.69) is 20.6 Å². The maximum Gasteiger partial charge on any atom is 0.326 e. The van der Waals surface area contributed by atoms with Crippen molar-refractivity contribution in [2.24, 2.45) is 0 Å². The van der Waals surface area contributed by atoms with Crippen LogP contribution in [0.4, 0.5) is 16.2 Å². The minimum absolute atomic E-state index is 0.246. The molecule has 4 rings (SSSR count). The number of benzene rings is 2. The second kappa shape index (κ2) is 6.90. The van der Waals surface area contributed by atoms with Gasteiger partial charge < -0.3 is 20.4 Å². The maximum atomic E-state index is 12.9. The molecule has 8 heteroatoms. The van der Waals surface area contributed by atoms with Gasteiger partial charge in [0.25, 0.3) is 0 Å². The number of aliphatic hydroxyl groups is 1. The number of amides is 2. The largest absolute Gasteiger partial charge is 0.374 e. The Morgan fingerprint density at radius 1 is 1.22 bits per heavy atom. The zero-order valence-electron chi connectivity index (χ0n) is 14.9. The molecule has 0 bridgehead atoms. The zero-order valence-corrected chi connectivity index (χ0v) is 14.9. The van der Waals surface area contributed by atoms with Crippen LogP contribution in [0.5, 0.6) is 0 Å². The van der Waals surface area contributed by atoms with E-state index in [0.717, 1.165) is 29.7 Å². The van der Waals surface area contributed by atoms with Gasteiger partial charge in [0.05, 0.1) is 11.0 Å². The summed E-state index contributed by atoms with van der Waals surface area (Å²) in [6, 6.07) is 10.6. The summed E-state index contributed by atoms with van der Waals surface area (Å²) < 4.78 is 0. The molecule has 8 nitrogen and oxygen atoms in total. The van der Waals surface area contributed by atoms with Crippen LogP contribution in [0.1, 0.15) is 23.8 Å². The number of imidazole rings is 1. The van der Waals surface area contributed by atoms with E-state index in [9.17, 15) is 14.7 Å². The van der Waals surface area contributed by atoms with Crippen molar-refractivity contribution in [3.05, 3.63) is 58.0 Å². The third-order valence-electron chi connectivity index (χ3n) is 4.87. The number of aromatic amines is 2. The summed E-state index contributed by atoms with van der Waals surface area (Å²) in [5, 5.41) is 15.9. The first-order chi connectivity index (χ1) is 13.1. The third-order valence-corrected chi connectivity index (χ3v) is 4.87. The van der Waals surface area contributed by atoms with Gasteiger partial charge in [-0.15, -0.1) is 0 Å². The number of rotatable bonds is 3. The fraction of sp³-hybridized carbons (Fsp3) is 0.263. The Bertz CT molecular complexity index is 1050. The van der Waals surface area contributed by atoms with Gasteiger partial charge >= 0.3 is 11.7 Å². The monoisotopic (exact) mass is 367 g/mol. The Hall–Kier alpha value is -3.10. The summed E-state index contributed by atoms with van der Waals surface area (Å²) in [6.07, 6.45) is 0.860. The van der Waals surface area contributed by atoms with Crippen LogP contribution in [0.25, 0.3) is 11.0 Å². The second-order valence-electron chi connectivity index (χ2n) is 6.56. The molecule has 0 radical (unpaired) electrons. The lowest BCUT2D eigenvalue weighted by atomic mass is 9.95. The molecular weight excluding hydrogens is 346 g/mol. The highest BCUT2D eigenvalue weighted by atomic mass is 16.3. The molecular formula is C19H21N5O3. The maximum absolute atomic E-state index is 12.9. The molecule has 27 heavy (non-hydrogen) atoms. The fourth-order valence-electron chi connectivity index (χ4n) is 3.58. The summed E-state index contributed by atoms with van der Waals surface area (Å²) in [4.78, 5) is 31.3. The lowest BCUT2D eigenvalue weighted by Crippen LogP contribution is -2.39. The molecule has 0 saturated carbocycles. The Kier molecular flexibility index (Phi) is 4.43. The molecule has 3 aromatic rings. The highest BCUT2D eigenvalue weighted by molar-refractivity contribution is 6.03. The van der Waals surface area contributed by atoms with E-state index in [-0.39, 0.29) is 11.7 Å². The first-order valence-corrected chi connectivity index (χ1v) is 8.84. The van der Waals surface area contributed by atoms with E-state index < -0.39 is 6.23 Å². The first-order valence-electron chi connectivity index (χ1n) is 8.84. The van der Waals surface area contributed by atoms with Crippen molar-refractivity contribution in [1.29, 1.82) is 0 Å². The lowest BCUT2D eigenvalue weighted by Gasteiger charge is -2.31. The number of aliphatic hydroxyl groups excluding tert-OH is 1. The molecule has 5 N–H and O–H groups in total. The lowest BCUT2D eigenvalue weighted by molar-refractivity contribution is 0.148. The minimum atomic E-state index is -0.768. The van der Waals surface area contributed by atoms with Crippen molar-refractivity contribution < 1.29 is 9.90 Å².